The molecule has 0 fully saturated rings. The lowest BCUT2D eigenvalue weighted by Crippen LogP contribution is -1.86. The second-order valence-corrected chi connectivity index (χ2v) is 5.25. The van der Waals surface area contributed by atoms with Gasteiger partial charge in [-0.15, -0.1) is 22.7 Å². The predicted molar refractivity (Wildman–Crippen MR) is 66.8 cm³/mol. The van der Waals surface area contributed by atoms with Crippen LogP contribution in [-0.4, -0.2) is 15.0 Å². The van der Waals surface area contributed by atoms with Crippen molar-refractivity contribution in [3.63, 3.8) is 0 Å². The lowest BCUT2D eigenvalue weighted by molar-refractivity contribution is 1.08. The van der Waals surface area contributed by atoms with Crippen LogP contribution in [0.5, 0.6) is 0 Å². The monoisotopic (exact) mass is 247 g/mol. The Kier molecular flexibility index (Phi) is 2.55. The first-order valence-electron chi connectivity index (χ1n) is 4.87. The number of nitrogens with one attached hydrogen (secondary N) is 1. The molecule has 0 bridgehead atoms. The summed E-state index contributed by atoms with van der Waals surface area (Å²) in [7, 11) is 0. The van der Waals surface area contributed by atoms with Gasteiger partial charge in [0.1, 0.15) is 0 Å². The maximum absolute atomic E-state index is 4.61. The van der Waals surface area contributed by atoms with Gasteiger partial charge in [0.05, 0.1) is 21.9 Å². The molecule has 0 saturated carbocycles. The van der Waals surface area contributed by atoms with Crippen LogP contribution in [-0.2, 0) is 6.42 Å². The number of thiazole rings is 1. The fourth-order valence-electron chi connectivity index (χ4n) is 1.47. The molecule has 0 radical (unpaired) electrons. The van der Waals surface area contributed by atoms with Crippen LogP contribution in [0.1, 0.15) is 10.7 Å². The van der Waals surface area contributed by atoms with E-state index in [1.54, 1.807) is 29.0 Å². The molecule has 0 unspecified atom stereocenters. The van der Waals surface area contributed by atoms with Gasteiger partial charge < -0.3 is 4.98 Å². The van der Waals surface area contributed by atoms with Crippen LogP contribution in [0, 0.1) is 0 Å². The number of hydrogen-bond acceptors (Lipinski definition) is 4. The van der Waals surface area contributed by atoms with E-state index in [0.717, 1.165) is 22.8 Å². The van der Waals surface area contributed by atoms with Crippen molar-refractivity contribution in [2.45, 2.75) is 6.42 Å². The molecule has 0 aliphatic rings. The zero-order chi connectivity index (χ0) is 10.8. The highest BCUT2D eigenvalue weighted by molar-refractivity contribution is 7.14. The summed E-state index contributed by atoms with van der Waals surface area (Å²) >= 11 is 3.42. The molecule has 5 heteroatoms. The molecule has 1 N–H and O–H groups in total. The molecule has 0 atom stereocenters. The van der Waals surface area contributed by atoms with Gasteiger partial charge >= 0.3 is 0 Å². The minimum Gasteiger partial charge on any atom is -0.348 e. The molecular formula is C11H9N3S2. The Morgan fingerprint density at radius 2 is 2.31 bits per heavy atom. The number of imidazole rings is 1. The summed E-state index contributed by atoms with van der Waals surface area (Å²) in [4.78, 5) is 12.9. The van der Waals surface area contributed by atoms with Crippen molar-refractivity contribution in [2.75, 3.05) is 0 Å². The van der Waals surface area contributed by atoms with Gasteiger partial charge in [0.15, 0.2) is 0 Å². The molecule has 3 heterocycles. The second kappa shape index (κ2) is 4.19. The van der Waals surface area contributed by atoms with E-state index < -0.39 is 0 Å². The van der Waals surface area contributed by atoms with Crippen molar-refractivity contribution in [3.8, 4) is 10.6 Å². The first-order valence-corrected chi connectivity index (χ1v) is 6.63. The molecule has 16 heavy (non-hydrogen) atoms. The zero-order valence-electron chi connectivity index (χ0n) is 8.38. The van der Waals surface area contributed by atoms with Gasteiger partial charge in [-0.2, -0.15) is 0 Å². The summed E-state index contributed by atoms with van der Waals surface area (Å²) < 4.78 is 0. The first kappa shape index (κ1) is 9.74. The van der Waals surface area contributed by atoms with Crippen LogP contribution in [0.25, 0.3) is 10.6 Å². The highest BCUT2D eigenvalue weighted by atomic mass is 32.1. The van der Waals surface area contributed by atoms with Gasteiger partial charge in [-0.25, -0.2) is 9.97 Å². The van der Waals surface area contributed by atoms with Gasteiger partial charge in [-0.1, -0.05) is 6.07 Å². The van der Waals surface area contributed by atoms with Crippen LogP contribution < -0.4 is 0 Å². The van der Waals surface area contributed by atoms with Crippen LogP contribution in [0.3, 0.4) is 0 Å². The molecule has 0 amide bonds. The van der Waals surface area contributed by atoms with Crippen molar-refractivity contribution in [3.05, 3.63) is 46.1 Å². The van der Waals surface area contributed by atoms with Crippen molar-refractivity contribution in [1.82, 2.24) is 15.0 Å². The summed E-state index contributed by atoms with van der Waals surface area (Å²) in [6, 6.07) is 4.15. The number of thiophene rings is 1. The van der Waals surface area contributed by atoms with E-state index in [1.807, 2.05) is 12.3 Å². The van der Waals surface area contributed by atoms with E-state index in [2.05, 4.69) is 31.8 Å². The summed E-state index contributed by atoms with van der Waals surface area (Å²) in [5.74, 6) is 0. The minimum absolute atomic E-state index is 0.829. The molecule has 0 aliphatic carbocycles. The lowest BCUT2D eigenvalue weighted by atomic mass is 10.3. The fourth-order valence-corrected chi connectivity index (χ4v) is 3.05. The average Bonchev–Trinajstić information content (AvgIpc) is 2.99. The quantitative estimate of drug-likeness (QED) is 0.772. The number of H-pyrrole nitrogens is 1. The molecule has 3 nitrogen and oxygen atoms in total. The number of hydrogen-bond donors (Lipinski definition) is 1. The standard InChI is InChI=1S/C11H9N3S2/c1-2-10(15-3-1)9-6-16-11(14-9)4-8-5-12-7-13-8/h1-3,5-7H,4H2,(H,12,13). The van der Waals surface area contributed by atoms with Crippen molar-refractivity contribution in [1.29, 1.82) is 0 Å². The smallest absolute Gasteiger partial charge is 0.0992 e. The predicted octanol–water partition coefficient (Wildman–Crippen LogP) is 3.19. The van der Waals surface area contributed by atoms with Gasteiger partial charge in [0.25, 0.3) is 0 Å². The van der Waals surface area contributed by atoms with Crippen LogP contribution in [0.15, 0.2) is 35.4 Å². The van der Waals surface area contributed by atoms with Crippen LogP contribution in [0.4, 0.5) is 0 Å². The Labute approximate surface area is 101 Å². The van der Waals surface area contributed by atoms with E-state index in [1.165, 1.54) is 4.88 Å². The molecular weight excluding hydrogens is 238 g/mol. The molecule has 3 aromatic heterocycles. The van der Waals surface area contributed by atoms with E-state index in [9.17, 15) is 0 Å². The largest absolute Gasteiger partial charge is 0.348 e. The van der Waals surface area contributed by atoms with Crippen LogP contribution >= 0.6 is 22.7 Å². The fraction of sp³-hybridized carbons (Fsp3) is 0.0909. The van der Waals surface area contributed by atoms with Crippen molar-refractivity contribution >= 4 is 22.7 Å². The third-order valence-electron chi connectivity index (χ3n) is 2.22. The van der Waals surface area contributed by atoms with Crippen LogP contribution in [0.2, 0.25) is 0 Å². The highest BCUT2D eigenvalue weighted by Gasteiger charge is 2.06. The second-order valence-electron chi connectivity index (χ2n) is 3.36. The molecule has 0 aromatic carbocycles. The van der Waals surface area contributed by atoms with Crippen molar-refractivity contribution < 1.29 is 0 Å². The van der Waals surface area contributed by atoms with Crippen molar-refractivity contribution in [2.24, 2.45) is 0 Å². The van der Waals surface area contributed by atoms with Gasteiger partial charge in [0, 0.05) is 23.7 Å². The third kappa shape index (κ3) is 1.91. The molecule has 0 saturated heterocycles. The SMILES string of the molecule is c1csc(-c2csc(Cc3cnc[nH]3)n2)c1. The Morgan fingerprint density at radius 3 is 3.06 bits per heavy atom. The summed E-state index contributed by atoms with van der Waals surface area (Å²) in [5, 5.41) is 5.30. The summed E-state index contributed by atoms with van der Waals surface area (Å²) in [5.41, 5.74) is 2.18. The Balaban J connectivity index is 1.83. The normalized spacial score (nSPS) is 10.8. The maximum Gasteiger partial charge on any atom is 0.0992 e. The lowest BCUT2D eigenvalue weighted by Gasteiger charge is -1.91. The van der Waals surface area contributed by atoms with E-state index >= 15 is 0 Å². The van der Waals surface area contributed by atoms with Gasteiger partial charge in [-0.05, 0) is 11.4 Å². The minimum atomic E-state index is 0.829. The maximum atomic E-state index is 4.61. The Hall–Kier alpha value is -1.46. The number of aromatic nitrogens is 3. The number of rotatable bonds is 3. The molecule has 0 aliphatic heterocycles. The van der Waals surface area contributed by atoms with Gasteiger partial charge in [-0.3, -0.25) is 0 Å². The molecule has 0 spiro atoms. The highest BCUT2D eigenvalue weighted by Crippen LogP contribution is 2.26. The molecule has 3 rings (SSSR count). The summed E-state index contributed by atoms with van der Waals surface area (Å²) in [6.07, 6.45) is 4.37. The zero-order valence-corrected chi connectivity index (χ0v) is 10.0. The molecule has 80 valence electrons. The molecule has 3 aromatic rings. The third-order valence-corrected chi connectivity index (χ3v) is 3.96. The van der Waals surface area contributed by atoms with E-state index in [-0.39, 0.29) is 0 Å². The summed E-state index contributed by atoms with van der Waals surface area (Å²) in [6.45, 7) is 0. The van der Waals surface area contributed by atoms with Gasteiger partial charge in [0.2, 0.25) is 0 Å². The van der Waals surface area contributed by atoms with E-state index in [4.69, 9.17) is 0 Å². The average molecular weight is 247 g/mol. The topological polar surface area (TPSA) is 41.6 Å². The number of aromatic amines is 1. The van der Waals surface area contributed by atoms with E-state index in [0.29, 0.717) is 0 Å². The Morgan fingerprint density at radius 1 is 1.31 bits per heavy atom. The number of nitrogens with zero attached hydrogens (tertiary/aromatic N) is 2. The first-order chi connectivity index (χ1) is 7.92. The Bertz CT molecular complexity index is 552.